The van der Waals surface area contributed by atoms with Crippen molar-refractivity contribution in [2.75, 3.05) is 31.2 Å². The van der Waals surface area contributed by atoms with Crippen molar-refractivity contribution in [3.8, 4) is 0 Å². The minimum absolute atomic E-state index is 0.0337. The first-order valence-corrected chi connectivity index (χ1v) is 13.5. The van der Waals surface area contributed by atoms with Gasteiger partial charge in [-0.1, -0.05) is 13.0 Å². The molecule has 0 aromatic carbocycles. The summed E-state index contributed by atoms with van der Waals surface area (Å²) >= 11 is 1.32. The summed E-state index contributed by atoms with van der Waals surface area (Å²) in [5.74, 6) is -0.256. The maximum atomic E-state index is 13.9. The van der Waals surface area contributed by atoms with Crippen LogP contribution >= 0.6 is 11.3 Å². The van der Waals surface area contributed by atoms with Crippen molar-refractivity contribution in [1.82, 2.24) is 4.90 Å². The Labute approximate surface area is 200 Å². The number of allylic oxidation sites excluding steroid dienone is 2. The fraction of sp³-hybridized carbons (Fsp3) is 0.692. The van der Waals surface area contributed by atoms with Crippen LogP contribution in [0.1, 0.15) is 85.7 Å². The molecule has 182 valence electrons. The Morgan fingerprint density at radius 1 is 1.15 bits per heavy atom. The molecule has 1 aromatic heterocycles. The molecule has 1 N–H and O–H groups in total. The van der Waals surface area contributed by atoms with Crippen LogP contribution in [0.15, 0.2) is 12.1 Å². The van der Waals surface area contributed by atoms with Gasteiger partial charge in [-0.05, 0) is 81.8 Å². The molecule has 2 heterocycles. The molecule has 33 heavy (non-hydrogen) atoms. The summed E-state index contributed by atoms with van der Waals surface area (Å²) in [6.07, 6.45) is 11.9. The van der Waals surface area contributed by atoms with Crippen LogP contribution in [0.3, 0.4) is 0 Å². The van der Waals surface area contributed by atoms with Crippen molar-refractivity contribution in [1.29, 1.82) is 0 Å². The number of hydrogen-bond donors (Lipinski definition) is 1. The number of carbonyl (C=O) groups excluding carboxylic acids is 1. The first kappa shape index (κ1) is 24.4. The first-order valence-electron chi connectivity index (χ1n) is 12.7. The van der Waals surface area contributed by atoms with Gasteiger partial charge in [-0.2, -0.15) is 0 Å². The predicted octanol–water partition coefficient (Wildman–Crippen LogP) is 6.00. The zero-order valence-electron chi connectivity index (χ0n) is 19.7. The van der Waals surface area contributed by atoms with Gasteiger partial charge >= 0.3 is 5.97 Å². The molecule has 1 saturated heterocycles. The molecular formula is C26H37FN2O3S. The number of carboxylic acid groups (broad SMARTS) is 1. The molecule has 0 unspecified atom stereocenters. The summed E-state index contributed by atoms with van der Waals surface area (Å²) in [7, 11) is 0. The number of carbonyl (C=O) groups is 2. The quantitative estimate of drug-likeness (QED) is 0.525. The Morgan fingerprint density at radius 3 is 2.48 bits per heavy atom. The molecule has 1 saturated carbocycles. The standard InChI is InChI=1S/C26H37FN2O3S/c1-18-7-9-20(10-8-18)25(30)29(21-11-14-28(15-12-21)16-13-27)22-17-23(33-24(22)26(31)32)19-5-3-2-4-6-19/h5,17-18,20-21H,2-4,6-16H2,1H3,(H,31,32). The molecule has 4 rings (SSSR count). The number of amides is 1. The molecule has 0 bridgehead atoms. The number of nitrogens with zero attached hydrogens (tertiary/aromatic N) is 2. The topological polar surface area (TPSA) is 60.9 Å². The van der Waals surface area contributed by atoms with Crippen molar-refractivity contribution < 1.29 is 19.1 Å². The molecule has 5 nitrogen and oxygen atoms in total. The summed E-state index contributed by atoms with van der Waals surface area (Å²) < 4.78 is 12.8. The Kier molecular flexibility index (Phi) is 8.23. The van der Waals surface area contributed by atoms with Crippen LogP contribution in [-0.4, -0.2) is 54.2 Å². The molecule has 1 aromatic rings. The molecule has 2 fully saturated rings. The van der Waals surface area contributed by atoms with Crippen molar-refractivity contribution in [3.05, 3.63) is 21.9 Å². The average Bonchev–Trinajstić information content (AvgIpc) is 3.27. The number of halogens is 1. The molecular weight excluding hydrogens is 439 g/mol. The van der Waals surface area contributed by atoms with E-state index >= 15 is 0 Å². The van der Waals surface area contributed by atoms with Crippen LogP contribution in [0, 0.1) is 11.8 Å². The van der Waals surface area contributed by atoms with E-state index in [2.05, 4.69) is 17.9 Å². The van der Waals surface area contributed by atoms with Gasteiger partial charge in [0, 0.05) is 36.5 Å². The fourth-order valence-electron chi connectivity index (χ4n) is 5.65. The second-order valence-electron chi connectivity index (χ2n) is 10.0. The maximum Gasteiger partial charge on any atom is 0.348 e. The van der Waals surface area contributed by atoms with Gasteiger partial charge in [-0.15, -0.1) is 11.3 Å². The second-order valence-corrected chi connectivity index (χ2v) is 11.1. The van der Waals surface area contributed by atoms with Crippen LogP contribution < -0.4 is 4.90 Å². The van der Waals surface area contributed by atoms with E-state index < -0.39 is 5.97 Å². The minimum atomic E-state index is -0.956. The third-order valence-corrected chi connectivity index (χ3v) is 8.89. The monoisotopic (exact) mass is 476 g/mol. The zero-order chi connectivity index (χ0) is 23.4. The molecule has 1 amide bonds. The molecule has 7 heteroatoms. The number of rotatable bonds is 7. The zero-order valence-corrected chi connectivity index (χ0v) is 20.5. The molecule has 1 aliphatic heterocycles. The number of anilines is 1. The smallest absolute Gasteiger partial charge is 0.348 e. The summed E-state index contributed by atoms with van der Waals surface area (Å²) in [5, 5.41) is 10.1. The normalized spacial score (nSPS) is 25.0. The molecule has 0 atom stereocenters. The van der Waals surface area contributed by atoms with Crippen LogP contribution in [-0.2, 0) is 4.79 Å². The number of carboxylic acids is 1. The Morgan fingerprint density at radius 2 is 1.88 bits per heavy atom. The summed E-state index contributed by atoms with van der Waals surface area (Å²) in [6.45, 7) is 3.79. The highest BCUT2D eigenvalue weighted by Crippen LogP contribution is 2.41. The summed E-state index contributed by atoms with van der Waals surface area (Å²) in [5.41, 5.74) is 1.80. The van der Waals surface area contributed by atoms with E-state index in [1.807, 2.05) is 11.0 Å². The third kappa shape index (κ3) is 5.68. The van der Waals surface area contributed by atoms with E-state index in [1.165, 1.54) is 23.3 Å². The molecule has 0 radical (unpaired) electrons. The number of aromatic carboxylic acids is 1. The highest BCUT2D eigenvalue weighted by Gasteiger charge is 2.37. The minimum Gasteiger partial charge on any atom is -0.477 e. The first-order chi connectivity index (χ1) is 16.0. The van der Waals surface area contributed by atoms with Crippen molar-refractivity contribution in [2.45, 2.75) is 77.2 Å². The van der Waals surface area contributed by atoms with Crippen molar-refractivity contribution >= 4 is 34.5 Å². The third-order valence-electron chi connectivity index (χ3n) is 7.70. The lowest BCUT2D eigenvalue weighted by atomic mass is 9.82. The second kappa shape index (κ2) is 11.1. The molecule has 2 aliphatic carbocycles. The summed E-state index contributed by atoms with van der Waals surface area (Å²) in [6, 6.07) is 1.94. The van der Waals surface area contributed by atoms with E-state index in [1.54, 1.807) is 0 Å². The molecule has 0 spiro atoms. The van der Waals surface area contributed by atoms with Crippen LogP contribution in [0.2, 0.25) is 0 Å². The Hall–Kier alpha value is -1.73. The van der Waals surface area contributed by atoms with Crippen molar-refractivity contribution in [3.63, 3.8) is 0 Å². The Bertz CT molecular complexity index is 867. The van der Waals surface area contributed by atoms with Gasteiger partial charge < -0.3 is 14.9 Å². The Balaban J connectivity index is 1.66. The lowest BCUT2D eigenvalue weighted by Crippen LogP contribution is -2.50. The van der Waals surface area contributed by atoms with Crippen LogP contribution in [0.5, 0.6) is 0 Å². The van der Waals surface area contributed by atoms with E-state index in [0.29, 0.717) is 18.2 Å². The average molecular weight is 477 g/mol. The number of likely N-dealkylation sites (tertiary alicyclic amines) is 1. The number of hydrogen-bond acceptors (Lipinski definition) is 4. The number of piperidine rings is 1. The largest absolute Gasteiger partial charge is 0.477 e. The lowest BCUT2D eigenvalue weighted by Gasteiger charge is -2.40. The predicted molar refractivity (Wildman–Crippen MR) is 132 cm³/mol. The van der Waals surface area contributed by atoms with Gasteiger partial charge in [0.1, 0.15) is 11.6 Å². The highest BCUT2D eigenvalue weighted by molar-refractivity contribution is 7.15. The lowest BCUT2D eigenvalue weighted by molar-refractivity contribution is -0.124. The van der Waals surface area contributed by atoms with E-state index in [-0.39, 0.29) is 29.4 Å². The fourth-order valence-corrected chi connectivity index (χ4v) is 6.71. The van der Waals surface area contributed by atoms with E-state index in [4.69, 9.17) is 0 Å². The van der Waals surface area contributed by atoms with E-state index in [9.17, 15) is 19.1 Å². The summed E-state index contributed by atoms with van der Waals surface area (Å²) in [4.78, 5) is 31.4. The van der Waals surface area contributed by atoms with Gasteiger partial charge in [0.2, 0.25) is 5.91 Å². The number of alkyl halides is 1. The van der Waals surface area contributed by atoms with Crippen LogP contribution in [0.25, 0.3) is 5.57 Å². The molecule has 3 aliphatic rings. The van der Waals surface area contributed by atoms with Crippen LogP contribution in [0.4, 0.5) is 10.1 Å². The van der Waals surface area contributed by atoms with Gasteiger partial charge in [-0.3, -0.25) is 4.79 Å². The van der Waals surface area contributed by atoms with Gasteiger partial charge in [0.25, 0.3) is 0 Å². The highest BCUT2D eigenvalue weighted by atomic mass is 32.1. The van der Waals surface area contributed by atoms with Gasteiger partial charge in [-0.25, -0.2) is 9.18 Å². The van der Waals surface area contributed by atoms with Gasteiger partial charge in [0.05, 0.1) is 5.69 Å². The number of thiophene rings is 1. The maximum absolute atomic E-state index is 13.9. The van der Waals surface area contributed by atoms with E-state index in [0.717, 1.165) is 75.8 Å². The van der Waals surface area contributed by atoms with Gasteiger partial charge in [0.15, 0.2) is 0 Å². The van der Waals surface area contributed by atoms with Crippen molar-refractivity contribution in [2.24, 2.45) is 11.8 Å². The SMILES string of the molecule is CC1CCC(C(=O)N(c2cc(C3=CCCCC3)sc2C(=O)O)C2CCN(CCF)CC2)CC1.